The zero-order chi connectivity index (χ0) is 7.82. The molecule has 0 saturated carbocycles. The van der Waals surface area contributed by atoms with Crippen LogP contribution in [-0.4, -0.2) is 19.1 Å². The third kappa shape index (κ3) is 7.43. The van der Waals surface area contributed by atoms with Crippen LogP contribution >= 0.6 is 0 Å². The van der Waals surface area contributed by atoms with Crippen LogP contribution in [0.1, 0.15) is 26.2 Å². The van der Waals surface area contributed by atoms with E-state index < -0.39 is 0 Å². The van der Waals surface area contributed by atoms with Gasteiger partial charge in [0.15, 0.2) is 0 Å². The number of amides is 1. The van der Waals surface area contributed by atoms with Crippen LogP contribution in [0.5, 0.6) is 0 Å². The lowest BCUT2D eigenvalue weighted by Gasteiger charge is -1.76. The maximum Gasteiger partial charge on any atom is 0.217 e. The predicted molar refractivity (Wildman–Crippen MR) is 39.5 cm³/mol. The standard InChI is InChI=1S/C4H8O.C3H7NO/c1-2-4-5-3-1;1-2-3(4)5/h1-4H2;2H2,1H3,(H2,4,5). The first-order valence-electron chi connectivity index (χ1n) is 3.63. The second kappa shape index (κ2) is 6.55. The van der Waals surface area contributed by atoms with Crippen molar-refractivity contribution >= 4 is 5.91 Å². The molecule has 3 heteroatoms. The molecule has 60 valence electrons. The average molecular weight is 145 g/mol. The second-order valence-corrected chi connectivity index (χ2v) is 2.14. The third-order valence-corrected chi connectivity index (χ3v) is 1.18. The number of primary amides is 1. The van der Waals surface area contributed by atoms with Crippen molar-refractivity contribution in [3.8, 4) is 0 Å². The number of ether oxygens (including phenoxy) is 1. The van der Waals surface area contributed by atoms with Gasteiger partial charge in [0.05, 0.1) is 0 Å². The minimum atomic E-state index is -0.245. The molecule has 1 fully saturated rings. The first kappa shape index (κ1) is 9.43. The number of rotatable bonds is 1. The van der Waals surface area contributed by atoms with Crippen LogP contribution in [0.3, 0.4) is 0 Å². The van der Waals surface area contributed by atoms with E-state index in [1.54, 1.807) is 6.92 Å². The molecule has 0 spiro atoms. The van der Waals surface area contributed by atoms with Crippen molar-refractivity contribution in [2.45, 2.75) is 26.2 Å². The highest BCUT2D eigenvalue weighted by molar-refractivity contribution is 5.73. The highest BCUT2D eigenvalue weighted by atomic mass is 16.5. The van der Waals surface area contributed by atoms with E-state index in [-0.39, 0.29) is 5.91 Å². The lowest BCUT2D eigenvalue weighted by Crippen LogP contribution is -2.06. The van der Waals surface area contributed by atoms with Gasteiger partial charge in [0, 0.05) is 19.6 Å². The van der Waals surface area contributed by atoms with Gasteiger partial charge in [-0.25, -0.2) is 0 Å². The Morgan fingerprint density at radius 2 is 1.90 bits per heavy atom. The molecule has 1 heterocycles. The van der Waals surface area contributed by atoms with Crippen LogP contribution in [-0.2, 0) is 9.53 Å². The highest BCUT2D eigenvalue weighted by Crippen LogP contribution is 1.98. The van der Waals surface area contributed by atoms with E-state index in [1.165, 1.54) is 12.8 Å². The summed E-state index contributed by atoms with van der Waals surface area (Å²) in [5.41, 5.74) is 4.65. The number of nitrogens with two attached hydrogens (primary N) is 1. The summed E-state index contributed by atoms with van der Waals surface area (Å²) in [5.74, 6) is -0.245. The fourth-order valence-corrected chi connectivity index (χ4v) is 0.510. The zero-order valence-electron chi connectivity index (χ0n) is 6.43. The van der Waals surface area contributed by atoms with Crippen molar-refractivity contribution in [2.75, 3.05) is 13.2 Å². The molecule has 3 nitrogen and oxygen atoms in total. The van der Waals surface area contributed by atoms with Gasteiger partial charge >= 0.3 is 0 Å². The Morgan fingerprint density at radius 1 is 1.50 bits per heavy atom. The minimum Gasteiger partial charge on any atom is -0.381 e. The summed E-state index contributed by atoms with van der Waals surface area (Å²) >= 11 is 0. The van der Waals surface area contributed by atoms with Crippen molar-refractivity contribution in [3.63, 3.8) is 0 Å². The SMILES string of the molecule is C1CCOC1.CCC(N)=O. The second-order valence-electron chi connectivity index (χ2n) is 2.14. The Hall–Kier alpha value is -0.570. The maximum atomic E-state index is 9.59. The molecule has 2 N–H and O–H groups in total. The fourth-order valence-electron chi connectivity index (χ4n) is 0.510. The van der Waals surface area contributed by atoms with Crippen molar-refractivity contribution in [1.82, 2.24) is 0 Å². The van der Waals surface area contributed by atoms with Crippen molar-refractivity contribution in [1.29, 1.82) is 0 Å². The Morgan fingerprint density at radius 3 is 2.00 bits per heavy atom. The third-order valence-electron chi connectivity index (χ3n) is 1.18. The van der Waals surface area contributed by atoms with E-state index in [0.717, 1.165) is 13.2 Å². The smallest absolute Gasteiger partial charge is 0.217 e. The van der Waals surface area contributed by atoms with Gasteiger partial charge in [0.2, 0.25) is 5.91 Å². The molecule has 1 aliphatic heterocycles. The van der Waals surface area contributed by atoms with Gasteiger partial charge < -0.3 is 10.5 Å². The van der Waals surface area contributed by atoms with Crippen molar-refractivity contribution in [2.24, 2.45) is 5.73 Å². The molecule has 0 aliphatic carbocycles. The Balaban J connectivity index is 0.000000162. The average Bonchev–Trinajstić information content (AvgIpc) is 2.43. The summed E-state index contributed by atoms with van der Waals surface area (Å²) in [6.45, 7) is 3.72. The zero-order valence-corrected chi connectivity index (χ0v) is 6.43. The molecule has 0 unspecified atom stereocenters. The van der Waals surface area contributed by atoms with E-state index in [2.05, 4.69) is 5.73 Å². The Labute approximate surface area is 61.5 Å². The Kier molecular flexibility index (Phi) is 6.18. The van der Waals surface area contributed by atoms with Gasteiger partial charge in [-0.05, 0) is 12.8 Å². The molecular formula is C7H15NO2. The molecular weight excluding hydrogens is 130 g/mol. The summed E-state index contributed by atoms with van der Waals surface area (Å²) in [4.78, 5) is 9.59. The molecule has 0 aromatic rings. The summed E-state index contributed by atoms with van der Waals surface area (Å²) in [6.07, 6.45) is 3.00. The van der Waals surface area contributed by atoms with Gasteiger partial charge in [-0.3, -0.25) is 4.79 Å². The topological polar surface area (TPSA) is 52.3 Å². The van der Waals surface area contributed by atoms with Crippen molar-refractivity contribution in [3.05, 3.63) is 0 Å². The predicted octanol–water partition coefficient (Wildman–Crippen LogP) is 0.678. The normalized spacial score (nSPS) is 15.7. The van der Waals surface area contributed by atoms with E-state index in [9.17, 15) is 4.79 Å². The van der Waals surface area contributed by atoms with Crippen LogP contribution in [0.25, 0.3) is 0 Å². The number of hydrogen-bond donors (Lipinski definition) is 1. The van der Waals surface area contributed by atoms with Crippen LogP contribution < -0.4 is 5.73 Å². The first-order chi connectivity index (χ1) is 4.77. The lowest BCUT2D eigenvalue weighted by molar-refractivity contribution is -0.117. The molecule has 1 aliphatic rings. The van der Waals surface area contributed by atoms with Gasteiger partial charge in [0.1, 0.15) is 0 Å². The lowest BCUT2D eigenvalue weighted by atomic mass is 10.4. The molecule has 0 aromatic carbocycles. The van der Waals surface area contributed by atoms with Gasteiger partial charge in [-0.15, -0.1) is 0 Å². The van der Waals surface area contributed by atoms with Crippen LogP contribution in [0.2, 0.25) is 0 Å². The van der Waals surface area contributed by atoms with Crippen LogP contribution in [0.4, 0.5) is 0 Å². The van der Waals surface area contributed by atoms with Crippen LogP contribution in [0, 0.1) is 0 Å². The monoisotopic (exact) mass is 145 g/mol. The summed E-state index contributed by atoms with van der Waals surface area (Å²) < 4.78 is 4.94. The molecule has 0 aromatic heterocycles. The quantitative estimate of drug-likeness (QED) is 0.589. The number of carbonyl (C=O) groups excluding carboxylic acids is 1. The number of carbonyl (C=O) groups is 1. The van der Waals surface area contributed by atoms with Gasteiger partial charge in [0.25, 0.3) is 0 Å². The van der Waals surface area contributed by atoms with Gasteiger partial charge in [-0.2, -0.15) is 0 Å². The molecule has 0 radical (unpaired) electrons. The maximum absolute atomic E-state index is 9.59. The highest BCUT2D eigenvalue weighted by Gasteiger charge is 1.94. The molecule has 10 heavy (non-hydrogen) atoms. The number of hydrogen-bond acceptors (Lipinski definition) is 2. The van der Waals surface area contributed by atoms with Crippen molar-refractivity contribution < 1.29 is 9.53 Å². The molecule has 1 rings (SSSR count). The first-order valence-corrected chi connectivity index (χ1v) is 3.63. The summed E-state index contributed by atoms with van der Waals surface area (Å²) in [5, 5.41) is 0. The summed E-state index contributed by atoms with van der Waals surface area (Å²) in [6, 6.07) is 0. The largest absolute Gasteiger partial charge is 0.381 e. The molecule has 0 atom stereocenters. The van der Waals surface area contributed by atoms with Gasteiger partial charge in [-0.1, -0.05) is 6.92 Å². The minimum absolute atomic E-state index is 0.245. The molecule has 1 saturated heterocycles. The summed E-state index contributed by atoms with van der Waals surface area (Å²) in [7, 11) is 0. The fraction of sp³-hybridized carbons (Fsp3) is 0.857. The molecule has 1 amide bonds. The van der Waals surface area contributed by atoms with E-state index in [4.69, 9.17) is 4.74 Å². The van der Waals surface area contributed by atoms with E-state index in [1.807, 2.05) is 0 Å². The van der Waals surface area contributed by atoms with E-state index >= 15 is 0 Å². The molecule has 0 bridgehead atoms. The van der Waals surface area contributed by atoms with E-state index in [0.29, 0.717) is 6.42 Å². The van der Waals surface area contributed by atoms with Crippen LogP contribution in [0.15, 0.2) is 0 Å². The Bertz CT molecular complexity index is 82.0.